The Morgan fingerprint density at radius 2 is 1.71 bits per heavy atom. The second-order valence-electron chi connectivity index (χ2n) is 2.24. The molecule has 0 aromatic carbocycles. The van der Waals surface area contributed by atoms with E-state index >= 15 is 0 Å². The predicted octanol–water partition coefficient (Wildman–Crippen LogP) is 5.59. The van der Waals surface area contributed by atoms with Gasteiger partial charge in [0, 0.05) is 0 Å². The Labute approximate surface area is 110 Å². The summed E-state index contributed by atoms with van der Waals surface area (Å²) in [4.78, 5) is 0. The summed E-state index contributed by atoms with van der Waals surface area (Å²) in [6.07, 6.45) is 0. The number of hydrogen-bond acceptors (Lipinski definition) is 4. The summed E-state index contributed by atoms with van der Waals surface area (Å²) in [5, 5.41) is 0. The molecule has 0 aliphatic heterocycles. The van der Waals surface area contributed by atoms with Crippen LogP contribution in [0.15, 0.2) is 10.2 Å². The van der Waals surface area contributed by atoms with Gasteiger partial charge in [-0.25, -0.2) is 0 Å². The van der Waals surface area contributed by atoms with Crippen LogP contribution < -0.4 is 0 Å². The van der Waals surface area contributed by atoms with Crippen molar-refractivity contribution >= 4 is 62.4 Å². The SMILES string of the molecule is CCSC(Cl)=CP(=S)(SCC)SCC. The number of rotatable bonds is 7. The van der Waals surface area contributed by atoms with E-state index < -0.39 is 4.44 Å². The van der Waals surface area contributed by atoms with E-state index in [1.165, 1.54) is 0 Å². The van der Waals surface area contributed by atoms with Crippen molar-refractivity contribution in [2.45, 2.75) is 20.8 Å². The van der Waals surface area contributed by atoms with Gasteiger partial charge < -0.3 is 0 Å². The minimum Gasteiger partial charge on any atom is -0.114 e. The van der Waals surface area contributed by atoms with E-state index in [0.717, 1.165) is 21.6 Å². The maximum atomic E-state index is 6.10. The van der Waals surface area contributed by atoms with Crippen molar-refractivity contribution in [1.82, 2.24) is 0 Å². The second kappa shape index (κ2) is 8.83. The maximum Gasteiger partial charge on any atom is 0.0800 e. The Morgan fingerprint density at radius 1 is 1.21 bits per heavy atom. The molecule has 0 aromatic rings. The minimum atomic E-state index is -1.45. The molecule has 0 atom stereocenters. The van der Waals surface area contributed by atoms with Crippen LogP contribution in [0.2, 0.25) is 0 Å². The molecule has 0 nitrogen and oxygen atoms in total. The van der Waals surface area contributed by atoms with E-state index in [9.17, 15) is 0 Å². The van der Waals surface area contributed by atoms with E-state index in [4.69, 9.17) is 23.4 Å². The lowest BCUT2D eigenvalue weighted by molar-refractivity contribution is 1.53. The van der Waals surface area contributed by atoms with Crippen LogP contribution in [0.25, 0.3) is 0 Å². The molecule has 84 valence electrons. The molecule has 6 heteroatoms. The van der Waals surface area contributed by atoms with Gasteiger partial charge in [0.15, 0.2) is 0 Å². The topological polar surface area (TPSA) is 0 Å². The van der Waals surface area contributed by atoms with E-state index in [2.05, 4.69) is 26.6 Å². The number of hydrogen-bond donors (Lipinski definition) is 0. The van der Waals surface area contributed by atoms with Crippen molar-refractivity contribution in [3.63, 3.8) is 0 Å². The lowest BCUT2D eigenvalue weighted by Crippen LogP contribution is -1.73. The number of thioether (sulfide) groups is 1. The van der Waals surface area contributed by atoms with Gasteiger partial charge >= 0.3 is 0 Å². The Hall–Kier alpha value is 1.73. The highest BCUT2D eigenvalue weighted by molar-refractivity contribution is 9.01. The number of halogens is 1. The van der Waals surface area contributed by atoms with Crippen LogP contribution in [0.4, 0.5) is 0 Å². The van der Waals surface area contributed by atoms with E-state index in [0.29, 0.717) is 0 Å². The van der Waals surface area contributed by atoms with Gasteiger partial charge in [-0.1, -0.05) is 44.2 Å². The van der Waals surface area contributed by atoms with Gasteiger partial charge in [-0.05, 0) is 23.1 Å². The summed E-state index contributed by atoms with van der Waals surface area (Å²) < 4.78 is -0.580. The molecule has 0 saturated carbocycles. The molecule has 0 amide bonds. The molecule has 0 heterocycles. The third-order valence-corrected chi connectivity index (χ3v) is 12.9. The van der Waals surface area contributed by atoms with Crippen LogP contribution in [-0.2, 0) is 11.8 Å². The van der Waals surface area contributed by atoms with Crippen LogP contribution >= 0.6 is 50.6 Å². The summed E-state index contributed by atoms with van der Waals surface area (Å²) in [7, 11) is 0. The molecule has 0 saturated heterocycles. The Kier molecular flexibility index (Phi) is 9.92. The first-order valence-corrected chi connectivity index (χ1v) is 11.9. The molecule has 0 aliphatic rings. The van der Waals surface area contributed by atoms with Gasteiger partial charge in [0.2, 0.25) is 0 Å². The molecule has 0 N–H and O–H groups in total. The first-order valence-electron chi connectivity index (χ1n) is 4.48. The molecule has 0 bridgehead atoms. The lowest BCUT2D eigenvalue weighted by Gasteiger charge is -2.15. The fourth-order valence-corrected chi connectivity index (χ4v) is 13.1. The van der Waals surface area contributed by atoms with Crippen LogP contribution in [0.3, 0.4) is 0 Å². The van der Waals surface area contributed by atoms with Crippen LogP contribution in [0, 0.1) is 0 Å². The van der Waals surface area contributed by atoms with E-state index in [1.54, 1.807) is 11.8 Å². The van der Waals surface area contributed by atoms with Crippen molar-refractivity contribution in [3.8, 4) is 0 Å². The minimum absolute atomic E-state index is 0.873. The molecule has 0 aromatic heterocycles. The van der Waals surface area contributed by atoms with Gasteiger partial charge in [-0.15, -0.1) is 34.5 Å². The van der Waals surface area contributed by atoms with Crippen molar-refractivity contribution < 1.29 is 0 Å². The predicted molar refractivity (Wildman–Crippen MR) is 82.6 cm³/mol. The fraction of sp³-hybridized carbons (Fsp3) is 0.750. The molecule has 0 spiro atoms. The molecular formula is C8H16ClPS4. The second-order valence-corrected chi connectivity index (χ2v) is 16.0. The molecule has 0 fully saturated rings. The molecule has 14 heavy (non-hydrogen) atoms. The van der Waals surface area contributed by atoms with Crippen molar-refractivity contribution in [1.29, 1.82) is 0 Å². The first-order chi connectivity index (χ1) is 6.58. The normalized spacial score (nSPS) is 13.3. The van der Waals surface area contributed by atoms with Crippen molar-refractivity contribution in [3.05, 3.63) is 10.2 Å². The smallest absolute Gasteiger partial charge is 0.0800 e. The first kappa shape index (κ1) is 15.7. The van der Waals surface area contributed by atoms with Crippen molar-refractivity contribution in [2.75, 3.05) is 17.3 Å². The van der Waals surface area contributed by atoms with Gasteiger partial charge in [0.05, 0.1) is 8.81 Å². The van der Waals surface area contributed by atoms with Gasteiger partial charge in [0.1, 0.15) is 0 Å². The highest BCUT2D eigenvalue weighted by Crippen LogP contribution is 2.71. The maximum absolute atomic E-state index is 6.10. The monoisotopic (exact) mass is 306 g/mol. The molecule has 0 unspecified atom stereocenters. The molecular weight excluding hydrogens is 291 g/mol. The van der Waals surface area contributed by atoms with Gasteiger partial charge in [0.25, 0.3) is 0 Å². The summed E-state index contributed by atoms with van der Waals surface area (Å²) in [5.41, 5.74) is 0. The van der Waals surface area contributed by atoms with Gasteiger partial charge in [-0.3, -0.25) is 0 Å². The standard InChI is InChI=1S/C8H16ClPS4/c1-4-12-8(9)7-10(11,13-5-2)14-6-3/h7H,4-6H2,1-3H3. The average Bonchev–Trinajstić information content (AvgIpc) is 2.04. The quantitative estimate of drug-likeness (QED) is 0.562. The zero-order valence-corrected chi connectivity index (χ0v) is 13.6. The molecule has 0 aliphatic carbocycles. The Morgan fingerprint density at radius 3 is 2.07 bits per heavy atom. The zero-order chi connectivity index (χ0) is 11.0. The Balaban J connectivity index is 4.48. The summed E-state index contributed by atoms with van der Waals surface area (Å²) in [6, 6.07) is 0. The van der Waals surface area contributed by atoms with Crippen molar-refractivity contribution in [2.24, 2.45) is 0 Å². The zero-order valence-electron chi connectivity index (χ0n) is 8.66. The van der Waals surface area contributed by atoms with E-state index in [1.807, 2.05) is 22.8 Å². The summed E-state index contributed by atoms with van der Waals surface area (Å²) >= 11 is 17.2. The average molecular weight is 307 g/mol. The van der Waals surface area contributed by atoms with Crippen LogP contribution in [0.5, 0.6) is 0 Å². The van der Waals surface area contributed by atoms with Gasteiger partial charge in [-0.2, -0.15) is 0 Å². The lowest BCUT2D eigenvalue weighted by atomic mass is 11.0. The largest absolute Gasteiger partial charge is 0.114 e. The third-order valence-electron chi connectivity index (χ3n) is 1.16. The highest BCUT2D eigenvalue weighted by atomic mass is 35.5. The fourth-order valence-electron chi connectivity index (χ4n) is 0.771. The third kappa shape index (κ3) is 7.08. The summed E-state index contributed by atoms with van der Waals surface area (Å²) in [6.45, 7) is 6.40. The Bertz CT molecular complexity index is 219. The molecule has 0 radical (unpaired) electrons. The van der Waals surface area contributed by atoms with Crippen LogP contribution in [0.1, 0.15) is 20.8 Å². The molecule has 0 rings (SSSR count). The van der Waals surface area contributed by atoms with E-state index in [-0.39, 0.29) is 0 Å². The van der Waals surface area contributed by atoms with Crippen LogP contribution in [-0.4, -0.2) is 17.3 Å². The highest BCUT2D eigenvalue weighted by Gasteiger charge is 2.14. The summed E-state index contributed by atoms with van der Waals surface area (Å²) in [5.74, 6) is 5.27.